The molecule has 1 spiro atoms. The maximum absolute atomic E-state index is 13.4. The monoisotopic (exact) mass is 584 g/mol. The van der Waals surface area contributed by atoms with Crippen molar-refractivity contribution in [3.05, 3.63) is 70.2 Å². The third-order valence-corrected chi connectivity index (χ3v) is 9.49. The van der Waals surface area contributed by atoms with Crippen molar-refractivity contribution in [1.29, 1.82) is 0 Å². The number of thiazole rings is 1. The first kappa shape index (κ1) is 27.1. The lowest BCUT2D eigenvalue weighted by molar-refractivity contribution is -0.106. The predicted octanol–water partition coefficient (Wildman–Crippen LogP) is 4.50. The predicted molar refractivity (Wildman–Crippen MR) is 165 cm³/mol. The molecule has 2 aliphatic heterocycles. The van der Waals surface area contributed by atoms with Crippen molar-refractivity contribution in [3.63, 3.8) is 0 Å². The van der Waals surface area contributed by atoms with Crippen LogP contribution in [0.15, 0.2) is 48.1 Å². The molecular formula is C31H36N8O2S. The molecule has 1 N–H and O–H groups in total. The molecule has 1 aromatic carbocycles. The summed E-state index contributed by atoms with van der Waals surface area (Å²) in [7, 11) is 2.18. The Morgan fingerprint density at radius 1 is 1.19 bits per heavy atom. The highest BCUT2D eigenvalue weighted by Gasteiger charge is 2.49. The Hall–Kier alpha value is -3.80. The number of anilines is 1. The Kier molecular flexibility index (Phi) is 6.75. The van der Waals surface area contributed by atoms with Crippen LogP contribution in [0.5, 0.6) is 5.75 Å². The fourth-order valence-electron chi connectivity index (χ4n) is 6.52. The van der Waals surface area contributed by atoms with Gasteiger partial charge >= 0.3 is 0 Å². The van der Waals surface area contributed by atoms with E-state index in [-0.39, 0.29) is 5.91 Å². The Morgan fingerprint density at radius 2 is 2.02 bits per heavy atom. The number of nitrogens with one attached hydrogen (secondary N) is 1. The summed E-state index contributed by atoms with van der Waals surface area (Å²) < 4.78 is 9.78. The van der Waals surface area contributed by atoms with Gasteiger partial charge in [0.2, 0.25) is 0 Å². The molecule has 0 radical (unpaired) electrons. The van der Waals surface area contributed by atoms with Gasteiger partial charge in [-0.05, 0) is 32.2 Å². The molecule has 218 valence electrons. The molecule has 0 bridgehead atoms. The molecule has 2 fully saturated rings. The lowest BCUT2D eigenvalue weighted by atomic mass is 9.73. The second-order valence-corrected chi connectivity index (χ2v) is 13.1. The Morgan fingerprint density at radius 3 is 2.79 bits per heavy atom. The van der Waals surface area contributed by atoms with Crippen molar-refractivity contribution >= 4 is 39.5 Å². The topological polar surface area (TPSA) is 92.8 Å². The molecule has 11 heteroatoms. The number of likely N-dealkylation sites (tertiary alicyclic amines) is 2. The molecule has 10 nitrogen and oxygen atoms in total. The zero-order valence-electron chi connectivity index (χ0n) is 24.5. The van der Waals surface area contributed by atoms with E-state index in [2.05, 4.69) is 46.4 Å². The molecule has 2 aliphatic rings. The van der Waals surface area contributed by atoms with Gasteiger partial charge in [0.15, 0.2) is 0 Å². The van der Waals surface area contributed by atoms with Crippen molar-refractivity contribution in [1.82, 2.24) is 33.9 Å². The van der Waals surface area contributed by atoms with Gasteiger partial charge in [-0.3, -0.25) is 18.8 Å². The number of hydrogen-bond donors (Lipinski definition) is 1. The number of aromatic nitrogens is 5. The van der Waals surface area contributed by atoms with Crippen LogP contribution in [-0.4, -0.2) is 86.2 Å². The molecule has 0 aliphatic carbocycles. The number of hydrogen-bond acceptors (Lipinski definition) is 8. The fourth-order valence-corrected chi connectivity index (χ4v) is 7.34. The molecular weight excluding hydrogens is 548 g/mol. The number of aryl methyl sites for hydroxylation is 1. The third kappa shape index (κ3) is 4.95. The number of nitrogens with zero attached hydrogens (tertiary/aromatic N) is 7. The van der Waals surface area contributed by atoms with E-state index in [4.69, 9.17) is 14.8 Å². The lowest BCUT2D eigenvalue weighted by Crippen LogP contribution is -2.71. The number of ether oxygens (including phenoxy) is 1. The van der Waals surface area contributed by atoms with Crippen LogP contribution in [0.4, 0.5) is 5.69 Å². The van der Waals surface area contributed by atoms with Gasteiger partial charge in [-0.2, -0.15) is 5.10 Å². The SMILES string of the molecule is Cc1nn(Cc2csc(C(C)C)n2)c2cccc(NC(=O)c3cnc4cc(OCCN5CC6(CN(C)C6)C5)ccn34)c12. The van der Waals surface area contributed by atoms with E-state index in [1.807, 2.05) is 48.1 Å². The van der Waals surface area contributed by atoms with Gasteiger partial charge in [0.25, 0.3) is 5.91 Å². The standard InChI is InChI=1S/C31H36N8O2S/c1-20(2)30-33-22(15-42-30)14-39-25-7-5-6-24(28(25)21(3)35-39)34-29(40)26-13-32-27-12-23(8-9-38(26)27)41-11-10-37-18-31(19-37)16-36(4)17-31/h5-9,12-13,15,20H,10-11,14,16-19H2,1-4H3,(H,34,40). The quantitative estimate of drug-likeness (QED) is 0.273. The van der Waals surface area contributed by atoms with Gasteiger partial charge in [0, 0.05) is 67.1 Å². The van der Waals surface area contributed by atoms with Crippen molar-refractivity contribution in [2.45, 2.75) is 33.2 Å². The molecule has 2 saturated heterocycles. The summed E-state index contributed by atoms with van der Waals surface area (Å²) in [5.74, 6) is 0.926. The van der Waals surface area contributed by atoms with E-state index in [0.717, 1.165) is 58.4 Å². The summed E-state index contributed by atoms with van der Waals surface area (Å²) in [5.41, 5.74) is 5.19. The zero-order valence-corrected chi connectivity index (χ0v) is 25.3. The number of rotatable bonds is 9. The van der Waals surface area contributed by atoms with Crippen LogP contribution in [-0.2, 0) is 6.54 Å². The Balaban J connectivity index is 1.02. The van der Waals surface area contributed by atoms with Crippen LogP contribution in [0.2, 0.25) is 0 Å². The fraction of sp³-hybridized carbons (Fsp3) is 0.419. The number of pyridine rings is 1. The van der Waals surface area contributed by atoms with E-state index < -0.39 is 0 Å². The minimum Gasteiger partial charge on any atom is -0.492 e. The molecule has 4 aromatic heterocycles. The average molecular weight is 585 g/mol. The molecule has 0 unspecified atom stereocenters. The highest BCUT2D eigenvalue weighted by atomic mass is 32.1. The van der Waals surface area contributed by atoms with Crippen molar-refractivity contribution < 1.29 is 9.53 Å². The van der Waals surface area contributed by atoms with Gasteiger partial charge < -0.3 is 15.0 Å². The molecule has 42 heavy (non-hydrogen) atoms. The van der Waals surface area contributed by atoms with Gasteiger partial charge in [0.1, 0.15) is 23.7 Å². The second kappa shape index (κ2) is 10.5. The van der Waals surface area contributed by atoms with E-state index in [1.165, 1.54) is 13.1 Å². The smallest absolute Gasteiger partial charge is 0.274 e. The number of benzene rings is 1. The first-order valence-corrected chi connectivity index (χ1v) is 15.4. The van der Waals surface area contributed by atoms with Gasteiger partial charge in [-0.1, -0.05) is 19.9 Å². The van der Waals surface area contributed by atoms with Gasteiger partial charge in [0.05, 0.1) is 40.3 Å². The minimum absolute atomic E-state index is 0.231. The normalized spacial score (nSPS) is 16.8. The third-order valence-electron chi connectivity index (χ3n) is 8.30. The van der Waals surface area contributed by atoms with Crippen molar-refractivity contribution in [3.8, 4) is 5.75 Å². The number of carbonyl (C=O) groups is 1. The van der Waals surface area contributed by atoms with Crippen molar-refractivity contribution in [2.75, 3.05) is 51.7 Å². The number of amides is 1. The summed E-state index contributed by atoms with van der Waals surface area (Å²) in [6.07, 6.45) is 3.45. The molecule has 0 saturated carbocycles. The van der Waals surface area contributed by atoms with Crippen LogP contribution in [0.25, 0.3) is 16.6 Å². The molecule has 5 aromatic rings. The highest BCUT2D eigenvalue weighted by Crippen LogP contribution is 2.38. The van der Waals surface area contributed by atoms with Gasteiger partial charge in [-0.25, -0.2) is 9.97 Å². The summed E-state index contributed by atoms with van der Waals surface area (Å²) in [4.78, 5) is 27.5. The lowest BCUT2D eigenvalue weighted by Gasteiger charge is -2.59. The first-order chi connectivity index (χ1) is 20.3. The Labute approximate surface area is 248 Å². The van der Waals surface area contributed by atoms with Crippen LogP contribution in [0.3, 0.4) is 0 Å². The molecule has 6 heterocycles. The minimum atomic E-state index is -0.231. The molecule has 7 rings (SSSR count). The molecule has 0 atom stereocenters. The number of carbonyl (C=O) groups excluding carboxylic acids is 1. The van der Waals surface area contributed by atoms with Crippen molar-refractivity contribution in [2.24, 2.45) is 5.41 Å². The van der Waals surface area contributed by atoms with E-state index >= 15 is 0 Å². The van der Waals surface area contributed by atoms with Crippen LogP contribution >= 0.6 is 11.3 Å². The summed E-state index contributed by atoms with van der Waals surface area (Å²) in [6.45, 7) is 13.2. The summed E-state index contributed by atoms with van der Waals surface area (Å²) in [5, 5.41) is 12.0. The first-order valence-electron chi connectivity index (χ1n) is 14.5. The largest absolute Gasteiger partial charge is 0.492 e. The van der Waals surface area contributed by atoms with E-state index in [1.54, 1.807) is 21.9 Å². The zero-order chi connectivity index (χ0) is 29.0. The van der Waals surface area contributed by atoms with Crippen LogP contribution in [0.1, 0.15) is 46.6 Å². The van der Waals surface area contributed by atoms with Crippen LogP contribution < -0.4 is 10.1 Å². The van der Waals surface area contributed by atoms with Crippen LogP contribution in [0, 0.1) is 12.3 Å². The number of imidazole rings is 1. The van der Waals surface area contributed by atoms with Gasteiger partial charge in [-0.15, -0.1) is 11.3 Å². The maximum atomic E-state index is 13.4. The average Bonchev–Trinajstić information content (AvgIpc) is 3.64. The number of fused-ring (bicyclic) bond motifs is 2. The summed E-state index contributed by atoms with van der Waals surface area (Å²) in [6, 6.07) is 9.66. The maximum Gasteiger partial charge on any atom is 0.274 e. The van der Waals surface area contributed by atoms with E-state index in [9.17, 15) is 4.79 Å². The second-order valence-electron chi connectivity index (χ2n) is 12.2. The Bertz CT molecular complexity index is 1770. The van der Waals surface area contributed by atoms with E-state index in [0.29, 0.717) is 35.8 Å². The molecule has 1 amide bonds. The summed E-state index contributed by atoms with van der Waals surface area (Å²) >= 11 is 1.68. The highest BCUT2D eigenvalue weighted by molar-refractivity contribution is 7.09.